The van der Waals surface area contributed by atoms with Crippen molar-refractivity contribution in [3.05, 3.63) is 81.5 Å². The van der Waals surface area contributed by atoms with Gasteiger partial charge in [-0.1, -0.05) is 19.9 Å². The fraction of sp³-hybridized carbons (Fsp3) is 0.286. The average molecular weight is 530 g/mol. The molecule has 4 aromatic rings. The molecule has 0 saturated carbocycles. The van der Waals surface area contributed by atoms with Gasteiger partial charge in [-0.15, -0.1) is 0 Å². The van der Waals surface area contributed by atoms with Gasteiger partial charge in [0.25, 0.3) is 11.5 Å². The minimum atomic E-state index is -0.595. The Labute approximate surface area is 223 Å². The van der Waals surface area contributed by atoms with E-state index in [4.69, 9.17) is 4.74 Å². The van der Waals surface area contributed by atoms with Gasteiger partial charge >= 0.3 is 0 Å². The number of H-pyrrole nitrogens is 1. The Hall–Kier alpha value is -4.51. The molecule has 3 N–H and O–H groups in total. The van der Waals surface area contributed by atoms with Crippen molar-refractivity contribution in [2.24, 2.45) is 0 Å². The number of benzene rings is 2. The summed E-state index contributed by atoms with van der Waals surface area (Å²) in [5, 5.41) is 16.9. The molecule has 2 aliphatic heterocycles. The van der Waals surface area contributed by atoms with Gasteiger partial charge in [0.05, 0.1) is 30.2 Å². The molecule has 0 unspecified atom stereocenters. The topological polar surface area (TPSA) is 117 Å². The molecule has 2 aromatic heterocycles. The molecule has 6 rings (SSSR count). The van der Waals surface area contributed by atoms with Crippen LogP contribution in [0.2, 0.25) is 0 Å². The van der Waals surface area contributed by atoms with E-state index >= 15 is 0 Å². The van der Waals surface area contributed by atoms with Gasteiger partial charge in [-0.3, -0.25) is 19.2 Å². The number of rotatable bonds is 5. The number of hydrogen-bond donors (Lipinski definition) is 3. The summed E-state index contributed by atoms with van der Waals surface area (Å²) in [6, 6.07) is 13.0. The number of aromatic amines is 1. The molecule has 0 atom stereocenters. The predicted molar refractivity (Wildman–Crippen MR) is 145 cm³/mol. The summed E-state index contributed by atoms with van der Waals surface area (Å²) in [5.41, 5.74) is 3.04. The molecule has 2 aromatic carbocycles. The standard InChI is InChI=1S/C28H28FN7O3/c1-28(2)15-39-24-11-17(4-6-19(24)28)26(37)31-22-10-16(5-7-20(22)29)21-13-23(27(38)33-32-21)30-25-12-18-14-35(3)8-9-36(18)34-25/h4-7,10-13H,8-9,14-15H2,1-3H3,(H,31,37)(H,33,38)(H,30,32,34). The highest BCUT2D eigenvalue weighted by molar-refractivity contribution is 6.05. The van der Waals surface area contributed by atoms with E-state index in [1.54, 1.807) is 18.2 Å². The first kappa shape index (κ1) is 24.8. The zero-order valence-electron chi connectivity index (χ0n) is 21.8. The maximum absolute atomic E-state index is 14.7. The number of aromatic nitrogens is 4. The molecular formula is C28H28FN7O3. The molecule has 1 amide bonds. The van der Waals surface area contributed by atoms with E-state index in [-0.39, 0.29) is 16.8 Å². The van der Waals surface area contributed by atoms with Crippen molar-refractivity contribution in [2.75, 3.05) is 30.8 Å². The normalized spacial score (nSPS) is 15.8. The Morgan fingerprint density at radius 1 is 1.10 bits per heavy atom. The molecule has 39 heavy (non-hydrogen) atoms. The first-order chi connectivity index (χ1) is 18.7. The quantitative estimate of drug-likeness (QED) is 0.359. The van der Waals surface area contributed by atoms with E-state index in [2.05, 4.69) is 44.7 Å². The maximum Gasteiger partial charge on any atom is 0.287 e. The van der Waals surface area contributed by atoms with Crippen LogP contribution in [0.4, 0.5) is 21.6 Å². The largest absolute Gasteiger partial charge is 0.492 e. The summed E-state index contributed by atoms with van der Waals surface area (Å²) in [5.74, 6) is 0.150. The number of nitrogens with zero attached hydrogens (tertiary/aromatic N) is 4. The fourth-order valence-electron chi connectivity index (χ4n) is 4.90. The van der Waals surface area contributed by atoms with Gasteiger partial charge < -0.3 is 15.4 Å². The van der Waals surface area contributed by atoms with Gasteiger partial charge in [0.2, 0.25) is 0 Å². The summed E-state index contributed by atoms with van der Waals surface area (Å²) in [6.07, 6.45) is 0. The van der Waals surface area contributed by atoms with E-state index in [9.17, 15) is 14.0 Å². The monoisotopic (exact) mass is 529 g/mol. The lowest BCUT2D eigenvalue weighted by Crippen LogP contribution is -2.30. The molecule has 0 fully saturated rings. The molecule has 0 aliphatic carbocycles. The fourth-order valence-corrected chi connectivity index (χ4v) is 4.90. The van der Waals surface area contributed by atoms with Crippen molar-refractivity contribution >= 4 is 23.1 Å². The molecule has 2 aliphatic rings. The summed E-state index contributed by atoms with van der Waals surface area (Å²) in [7, 11) is 2.05. The Kier molecular flexibility index (Phi) is 5.95. The summed E-state index contributed by atoms with van der Waals surface area (Å²) >= 11 is 0. The summed E-state index contributed by atoms with van der Waals surface area (Å²) < 4.78 is 22.4. The van der Waals surface area contributed by atoms with Crippen LogP contribution in [-0.2, 0) is 18.5 Å². The SMILES string of the molecule is CN1CCn2nc(Nc3cc(-c4ccc(F)c(NC(=O)c5ccc6c(c5)OCC6(C)C)c4)n[nH]c3=O)cc2C1. The number of ether oxygens (including phenoxy) is 1. The summed E-state index contributed by atoms with van der Waals surface area (Å²) in [6.45, 7) is 7.13. The average Bonchev–Trinajstić information content (AvgIpc) is 3.45. The van der Waals surface area contributed by atoms with Gasteiger partial charge in [-0.2, -0.15) is 10.2 Å². The van der Waals surface area contributed by atoms with Crippen LogP contribution in [0.3, 0.4) is 0 Å². The highest BCUT2D eigenvalue weighted by atomic mass is 19.1. The van der Waals surface area contributed by atoms with E-state index in [1.807, 2.05) is 23.9 Å². The third-order valence-electron chi connectivity index (χ3n) is 7.13. The van der Waals surface area contributed by atoms with Crippen LogP contribution in [0.5, 0.6) is 5.75 Å². The molecular weight excluding hydrogens is 501 g/mol. The molecule has 0 radical (unpaired) electrons. The second-order valence-electron chi connectivity index (χ2n) is 10.6. The van der Waals surface area contributed by atoms with Crippen molar-refractivity contribution in [3.63, 3.8) is 0 Å². The van der Waals surface area contributed by atoms with Gasteiger partial charge in [0, 0.05) is 41.3 Å². The van der Waals surface area contributed by atoms with Crippen LogP contribution in [0.1, 0.15) is 35.5 Å². The second-order valence-corrected chi connectivity index (χ2v) is 10.6. The number of fused-ring (bicyclic) bond motifs is 2. The van der Waals surface area contributed by atoms with Crippen molar-refractivity contribution < 1.29 is 13.9 Å². The van der Waals surface area contributed by atoms with Crippen molar-refractivity contribution in [2.45, 2.75) is 32.4 Å². The third kappa shape index (κ3) is 4.76. The van der Waals surface area contributed by atoms with E-state index in [1.165, 1.54) is 18.2 Å². The molecule has 200 valence electrons. The number of hydrogen-bond acceptors (Lipinski definition) is 7. The third-order valence-corrected chi connectivity index (χ3v) is 7.13. The van der Waals surface area contributed by atoms with Crippen LogP contribution in [-0.4, -0.2) is 51.0 Å². The molecule has 11 heteroatoms. The van der Waals surface area contributed by atoms with Crippen LogP contribution in [0, 0.1) is 5.82 Å². The van der Waals surface area contributed by atoms with Gasteiger partial charge in [-0.25, -0.2) is 9.49 Å². The Morgan fingerprint density at radius 2 is 1.95 bits per heavy atom. The summed E-state index contributed by atoms with van der Waals surface area (Å²) in [4.78, 5) is 27.7. The maximum atomic E-state index is 14.7. The van der Waals surface area contributed by atoms with E-state index < -0.39 is 17.3 Å². The lowest BCUT2D eigenvalue weighted by Gasteiger charge is -2.22. The number of likely N-dealkylation sites (N-methyl/N-ethyl adjacent to an activating group) is 1. The van der Waals surface area contributed by atoms with Gasteiger partial charge in [0.15, 0.2) is 5.82 Å². The van der Waals surface area contributed by atoms with E-state index in [0.717, 1.165) is 30.9 Å². The number of nitrogens with one attached hydrogen (secondary N) is 3. The Balaban J connectivity index is 1.23. The molecule has 4 heterocycles. The van der Waals surface area contributed by atoms with Crippen molar-refractivity contribution in [1.82, 2.24) is 24.9 Å². The molecule has 10 nitrogen and oxygen atoms in total. The highest BCUT2D eigenvalue weighted by Crippen LogP contribution is 2.39. The number of carbonyl (C=O) groups excluding carboxylic acids is 1. The van der Waals surface area contributed by atoms with Gasteiger partial charge in [0.1, 0.15) is 17.3 Å². The number of anilines is 3. The zero-order chi connectivity index (χ0) is 27.3. The first-order valence-electron chi connectivity index (χ1n) is 12.7. The lowest BCUT2D eigenvalue weighted by atomic mass is 9.86. The van der Waals surface area contributed by atoms with Crippen LogP contribution in [0.15, 0.2) is 53.3 Å². The molecule has 0 saturated heterocycles. The lowest BCUT2D eigenvalue weighted by molar-refractivity contribution is 0.102. The minimum absolute atomic E-state index is 0.00680. The van der Waals surface area contributed by atoms with Crippen molar-refractivity contribution in [3.8, 4) is 17.0 Å². The highest BCUT2D eigenvalue weighted by Gasteiger charge is 2.32. The van der Waals surface area contributed by atoms with E-state index in [0.29, 0.717) is 35.0 Å². The number of halogens is 1. The van der Waals surface area contributed by atoms with Crippen LogP contribution < -0.4 is 20.9 Å². The second kappa shape index (κ2) is 9.35. The van der Waals surface area contributed by atoms with Crippen molar-refractivity contribution in [1.29, 1.82) is 0 Å². The zero-order valence-corrected chi connectivity index (χ0v) is 21.8. The van der Waals surface area contributed by atoms with Crippen LogP contribution in [0.25, 0.3) is 11.3 Å². The van der Waals surface area contributed by atoms with Crippen LogP contribution >= 0.6 is 0 Å². The number of carbonyl (C=O) groups is 1. The smallest absolute Gasteiger partial charge is 0.287 e. The Bertz CT molecular complexity index is 1660. The predicted octanol–water partition coefficient (Wildman–Crippen LogP) is 3.88. The Morgan fingerprint density at radius 3 is 2.79 bits per heavy atom. The first-order valence-corrected chi connectivity index (χ1v) is 12.7. The molecule has 0 spiro atoms. The molecule has 0 bridgehead atoms. The minimum Gasteiger partial charge on any atom is -0.492 e. The van der Waals surface area contributed by atoms with Gasteiger partial charge in [-0.05, 0) is 43.4 Å². The number of amides is 1.